The molecule has 0 radical (unpaired) electrons. The van der Waals surface area contributed by atoms with E-state index in [1.807, 2.05) is 12.2 Å². The van der Waals surface area contributed by atoms with Crippen LogP contribution in [0.25, 0.3) is 0 Å². The van der Waals surface area contributed by atoms with Crippen molar-refractivity contribution in [1.29, 1.82) is 0 Å². The molecule has 0 atom stereocenters. The minimum Gasteiger partial charge on any atom is -0.382 e. The molecule has 0 spiro atoms. The summed E-state index contributed by atoms with van der Waals surface area (Å²) in [6, 6.07) is 3.97. The van der Waals surface area contributed by atoms with E-state index in [2.05, 4.69) is 5.32 Å². The number of carbonyl (C=O) groups is 1. The summed E-state index contributed by atoms with van der Waals surface area (Å²) >= 11 is 0. The lowest BCUT2D eigenvalue weighted by Crippen LogP contribution is -2.29. The summed E-state index contributed by atoms with van der Waals surface area (Å²) in [4.78, 5) is 11.6. The van der Waals surface area contributed by atoms with Gasteiger partial charge in [0, 0.05) is 6.54 Å². The number of halogens is 3. The van der Waals surface area contributed by atoms with Gasteiger partial charge < -0.3 is 10.6 Å². The van der Waals surface area contributed by atoms with Crippen molar-refractivity contribution in [3.05, 3.63) is 29.6 Å². The van der Waals surface area contributed by atoms with Gasteiger partial charge in [-0.25, -0.2) is 13.2 Å². The van der Waals surface area contributed by atoms with Crippen molar-refractivity contribution in [2.24, 2.45) is 0 Å². The zero-order valence-corrected chi connectivity index (χ0v) is 9.97. The molecule has 100 valence electrons. The van der Waals surface area contributed by atoms with Crippen molar-refractivity contribution in [3.63, 3.8) is 0 Å². The normalized spacial score (nSPS) is 10.5. The smallest absolute Gasteiger partial charge is 0.255 e. The van der Waals surface area contributed by atoms with Crippen molar-refractivity contribution in [2.45, 2.75) is 19.8 Å². The van der Waals surface area contributed by atoms with Crippen LogP contribution < -0.4 is 10.6 Å². The third kappa shape index (κ3) is 3.94. The minimum atomic E-state index is -2.63. The molecule has 0 heterocycles. The Balaban J connectivity index is 2.86. The van der Waals surface area contributed by atoms with E-state index in [0.717, 1.165) is 6.42 Å². The van der Waals surface area contributed by atoms with E-state index >= 15 is 0 Å². The fraction of sp³-hybridized carbons (Fsp3) is 0.417. The highest BCUT2D eigenvalue weighted by molar-refractivity contribution is 5.99. The van der Waals surface area contributed by atoms with Crippen molar-refractivity contribution < 1.29 is 18.0 Å². The first-order valence-corrected chi connectivity index (χ1v) is 5.65. The van der Waals surface area contributed by atoms with E-state index < -0.39 is 24.7 Å². The van der Waals surface area contributed by atoms with Crippen molar-refractivity contribution in [1.82, 2.24) is 5.32 Å². The number of alkyl halides is 2. The summed E-state index contributed by atoms with van der Waals surface area (Å²) in [6.07, 6.45) is -1.87. The van der Waals surface area contributed by atoms with Crippen LogP contribution in [0.5, 0.6) is 0 Å². The Bertz CT molecular complexity index is 410. The van der Waals surface area contributed by atoms with Gasteiger partial charge >= 0.3 is 0 Å². The van der Waals surface area contributed by atoms with Gasteiger partial charge in [0.05, 0.1) is 17.8 Å². The highest BCUT2D eigenvalue weighted by Gasteiger charge is 2.15. The molecule has 0 saturated carbocycles. The first-order chi connectivity index (χ1) is 8.56. The molecule has 1 aromatic rings. The standard InChI is InChI=1S/C12H15F3N2O/c1-2-6-16-11-8(4-3-5-9(11)13)12(18)17-7-10(14)15/h3-5,10,16H,2,6-7H2,1H3,(H,17,18). The highest BCUT2D eigenvalue weighted by Crippen LogP contribution is 2.19. The summed E-state index contributed by atoms with van der Waals surface area (Å²) in [5.41, 5.74) is 0.0789. The molecule has 3 nitrogen and oxygen atoms in total. The molecule has 2 N–H and O–H groups in total. The summed E-state index contributed by atoms with van der Waals surface area (Å²) in [6.45, 7) is 1.64. The van der Waals surface area contributed by atoms with Gasteiger partial charge in [-0.1, -0.05) is 13.0 Å². The van der Waals surface area contributed by atoms with Crippen molar-refractivity contribution >= 4 is 11.6 Å². The second-order valence-corrected chi connectivity index (χ2v) is 3.69. The number of anilines is 1. The predicted octanol–water partition coefficient (Wildman–Crippen LogP) is 2.64. The molecule has 0 aromatic heterocycles. The lowest BCUT2D eigenvalue weighted by atomic mass is 10.1. The van der Waals surface area contributed by atoms with Crippen molar-refractivity contribution in [3.8, 4) is 0 Å². The van der Waals surface area contributed by atoms with Crippen molar-refractivity contribution in [2.75, 3.05) is 18.4 Å². The van der Waals surface area contributed by atoms with Gasteiger partial charge in [-0.05, 0) is 18.6 Å². The molecule has 1 aromatic carbocycles. The Morgan fingerprint density at radius 1 is 1.39 bits per heavy atom. The monoisotopic (exact) mass is 260 g/mol. The number of nitrogens with one attached hydrogen (secondary N) is 2. The number of carbonyl (C=O) groups excluding carboxylic acids is 1. The molecule has 6 heteroatoms. The maximum Gasteiger partial charge on any atom is 0.255 e. The van der Waals surface area contributed by atoms with Crippen LogP contribution in [-0.4, -0.2) is 25.4 Å². The molecule has 1 rings (SSSR count). The molecule has 0 fully saturated rings. The largest absolute Gasteiger partial charge is 0.382 e. The Morgan fingerprint density at radius 2 is 2.11 bits per heavy atom. The van der Waals surface area contributed by atoms with Crippen LogP contribution in [0.1, 0.15) is 23.7 Å². The Kier molecular flexibility index (Phi) is 5.48. The highest BCUT2D eigenvalue weighted by atomic mass is 19.3. The maximum atomic E-state index is 13.5. The third-order valence-electron chi connectivity index (χ3n) is 2.23. The second kappa shape index (κ2) is 6.88. The Morgan fingerprint density at radius 3 is 2.72 bits per heavy atom. The molecule has 0 saturated heterocycles. The van der Waals surface area contributed by atoms with Crippen LogP contribution in [0.4, 0.5) is 18.9 Å². The summed E-state index contributed by atoms with van der Waals surface area (Å²) < 4.78 is 37.5. The maximum absolute atomic E-state index is 13.5. The summed E-state index contributed by atoms with van der Waals surface area (Å²) in [7, 11) is 0. The average molecular weight is 260 g/mol. The number of hydrogen-bond donors (Lipinski definition) is 2. The fourth-order valence-corrected chi connectivity index (χ4v) is 1.41. The molecule has 0 unspecified atom stereocenters. The lowest BCUT2D eigenvalue weighted by Gasteiger charge is -2.12. The average Bonchev–Trinajstić information content (AvgIpc) is 2.34. The number of rotatable bonds is 6. The van der Waals surface area contributed by atoms with E-state index in [4.69, 9.17) is 0 Å². The lowest BCUT2D eigenvalue weighted by molar-refractivity contribution is 0.0892. The summed E-state index contributed by atoms with van der Waals surface area (Å²) in [5, 5.41) is 4.82. The van der Waals surface area contributed by atoms with Gasteiger partial charge in [0.2, 0.25) is 0 Å². The van der Waals surface area contributed by atoms with E-state index in [1.54, 1.807) is 0 Å². The van der Waals surface area contributed by atoms with E-state index in [1.165, 1.54) is 18.2 Å². The van der Waals surface area contributed by atoms with Crippen LogP contribution >= 0.6 is 0 Å². The molecule has 18 heavy (non-hydrogen) atoms. The van der Waals surface area contributed by atoms with Crippen LogP contribution in [0, 0.1) is 5.82 Å². The van der Waals surface area contributed by atoms with E-state index in [9.17, 15) is 18.0 Å². The number of hydrogen-bond acceptors (Lipinski definition) is 2. The minimum absolute atomic E-state index is 0.0316. The first-order valence-electron chi connectivity index (χ1n) is 5.65. The van der Waals surface area contributed by atoms with Gasteiger partial charge in [0.15, 0.2) is 0 Å². The zero-order valence-electron chi connectivity index (χ0n) is 9.97. The number of benzene rings is 1. The molecule has 0 aliphatic rings. The van der Waals surface area contributed by atoms with Gasteiger partial charge in [-0.15, -0.1) is 0 Å². The van der Waals surface area contributed by atoms with Gasteiger partial charge in [-0.2, -0.15) is 0 Å². The van der Waals surface area contributed by atoms with Crippen LogP contribution in [0.3, 0.4) is 0 Å². The first kappa shape index (κ1) is 14.3. The van der Waals surface area contributed by atoms with Crippen LogP contribution in [0.15, 0.2) is 18.2 Å². The second-order valence-electron chi connectivity index (χ2n) is 3.69. The number of para-hydroxylation sites is 1. The van der Waals surface area contributed by atoms with Crippen LogP contribution in [0.2, 0.25) is 0 Å². The molecule has 0 aliphatic heterocycles. The molecular weight excluding hydrogens is 245 g/mol. The topological polar surface area (TPSA) is 41.1 Å². The van der Waals surface area contributed by atoms with Gasteiger partial charge in [0.25, 0.3) is 12.3 Å². The van der Waals surface area contributed by atoms with Crippen LogP contribution in [-0.2, 0) is 0 Å². The molecule has 0 bridgehead atoms. The van der Waals surface area contributed by atoms with E-state index in [0.29, 0.717) is 6.54 Å². The predicted molar refractivity (Wildman–Crippen MR) is 63.5 cm³/mol. The third-order valence-corrected chi connectivity index (χ3v) is 2.23. The number of amides is 1. The molecule has 0 aliphatic carbocycles. The Hall–Kier alpha value is -1.72. The SMILES string of the molecule is CCCNc1c(F)cccc1C(=O)NCC(F)F. The zero-order chi connectivity index (χ0) is 13.5. The molecular formula is C12H15F3N2O. The molecule has 1 amide bonds. The van der Waals surface area contributed by atoms with Gasteiger partial charge in [-0.3, -0.25) is 4.79 Å². The fourth-order valence-electron chi connectivity index (χ4n) is 1.41. The van der Waals surface area contributed by atoms with Gasteiger partial charge in [0.1, 0.15) is 5.82 Å². The summed E-state index contributed by atoms with van der Waals surface area (Å²) in [5.74, 6) is -1.29. The quantitative estimate of drug-likeness (QED) is 0.825. The van der Waals surface area contributed by atoms with E-state index in [-0.39, 0.29) is 11.3 Å². The Labute approximate surface area is 103 Å².